The average Bonchev–Trinajstić information content (AvgIpc) is 0. The van der Waals surface area contributed by atoms with Crippen molar-refractivity contribution in [1.82, 2.24) is 0 Å². The molecule has 0 rings (SSSR count). The predicted octanol–water partition coefficient (Wildman–Crippen LogP) is -0.328. The smallest absolute Gasteiger partial charge is 0 e. The largest absolute Gasteiger partial charge is 0.153 e. The summed E-state index contributed by atoms with van der Waals surface area (Å²) in [6, 6.07) is 0. The molecule has 4 heavy (non-hydrogen) atoms. The Morgan fingerprint density at radius 2 is 1.00 bits per heavy atom. The van der Waals surface area contributed by atoms with E-state index in [1.165, 1.54) is 0 Å². The second-order valence-electron chi connectivity index (χ2n) is 0. The summed E-state index contributed by atoms with van der Waals surface area (Å²) in [4.78, 5) is 0. The molecule has 0 bridgehead atoms. The summed E-state index contributed by atoms with van der Waals surface area (Å²) in [7, 11) is 0. The van der Waals surface area contributed by atoms with Gasteiger partial charge in [-0.15, -0.1) is 0 Å². The Morgan fingerprint density at radius 3 is 1.00 bits per heavy atom. The van der Waals surface area contributed by atoms with Gasteiger partial charge in [-0.1, -0.05) is 0 Å². The van der Waals surface area contributed by atoms with Crippen molar-refractivity contribution in [2.75, 3.05) is 0 Å². The fraction of sp³-hybridized carbons (Fsp3) is 0. The van der Waals surface area contributed by atoms with Gasteiger partial charge in [0.25, 0.3) is 0 Å². The molecule has 0 nitrogen and oxygen atoms in total. The van der Waals surface area contributed by atoms with Crippen molar-refractivity contribution < 1.29 is 34.1 Å². The summed E-state index contributed by atoms with van der Waals surface area (Å²) in [5.41, 5.74) is 0. The van der Waals surface area contributed by atoms with E-state index in [9.17, 15) is 0 Å². The minimum Gasteiger partial charge on any atom is -0.153 e. The predicted molar refractivity (Wildman–Crippen MR) is 16.9 cm³/mol. The first-order valence-electron chi connectivity index (χ1n) is 0. The first-order valence-corrected chi connectivity index (χ1v) is 0. The van der Waals surface area contributed by atoms with Gasteiger partial charge < -0.3 is 0 Å². The van der Waals surface area contributed by atoms with E-state index in [4.69, 9.17) is 0 Å². The zero-order valence-electron chi connectivity index (χ0n) is 1.89. The molecule has 0 heterocycles. The van der Waals surface area contributed by atoms with Gasteiger partial charge in [-0.05, 0) is 0 Å². The molecule has 0 spiro atoms. The van der Waals surface area contributed by atoms with Crippen molar-refractivity contribution >= 4 is 27.9 Å². The van der Waals surface area contributed by atoms with Crippen LogP contribution in [-0.4, -0.2) is 18.0 Å². The van der Waals surface area contributed by atoms with E-state index >= 15 is 0 Å². The second kappa shape index (κ2) is 19.8. The maximum Gasteiger partial charge on any atom is 0 e. The Bertz CT molecular complexity index is 8.00. The summed E-state index contributed by atoms with van der Waals surface area (Å²) < 4.78 is 0. The van der Waals surface area contributed by atoms with Gasteiger partial charge in [-0.3, -0.25) is 0 Å². The van der Waals surface area contributed by atoms with Gasteiger partial charge >= 0.3 is 0 Å². The van der Waals surface area contributed by atoms with Crippen molar-refractivity contribution in [3.05, 3.63) is 0 Å². The quantitative estimate of drug-likeness (QED) is 0.387. The summed E-state index contributed by atoms with van der Waals surface area (Å²) in [5, 5.41) is 0. The molecule has 0 N–H and O–H groups in total. The van der Waals surface area contributed by atoms with E-state index < -0.39 is 0 Å². The van der Waals surface area contributed by atoms with Gasteiger partial charge in [0.1, 0.15) is 0 Å². The molecular formula is H3AsFeMnP. The molecule has 0 aromatic rings. The van der Waals surface area contributed by atoms with Crippen LogP contribution in [0.1, 0.15) is 0 Å². The standard InChI is InChI=1S/As.Fe.Mn.H3P/h;;;1H3. The molecule has 0 saturated carbocycles. The third-order valence-electron chi connectivity index (χ3n) is 0. The molecule has 4 radical (unpaired) electrons. The van der Waals surface area contributed by atoms with Crippen LogP contribution in [0.3, 0.4) is 0 Å². The fourth-order valence-corrected chi connectivity index (χ4v) is 0. The van der Waals surface area contributed by atoms with Crippen LogP contribution in [0.15, 0.2) is 0 Å². The van der Waals surface area contributed by atoms with E-state index in [2.05, 4.69) is 0 Å². The van der Waals surface area contributed by atoms with Crippen LogP contribution in [0.5, 0.6) is 0 Å². The Balaban J connectivity index is 0. The van der Waals surface area contributed by atoms with Gasteiger partial charge in [-0.2, -0.15) is 9.90 Å². The van der Waals surface area contributed by atoms with Crippen LogP contribution >= 0.6 is 9.90 Å². The monoisotopic (exact) mass is 220 g/mol. The molecule has 4 heteroatoms. The first-order chi connectivity index (χ1) is 0. The summed E-state index contributed by atoms with van der Waals surface area (Å²) in [6.07, 6.45) is 0. The number of rotatable bonds is 0. The van der Waals surface area contributed by atoms with Gasteiger partial charge in [0.05, 0.1) is 0 Å². The molecule has 0 aliphatic rings. The van der Waals surface area contributed by atoms with Crippen molar-refractivity contribution in [2.24, 2.45) is 0 Å². The Labute approximate surface area is 61.7 Å². The molecule has 0 aromatic heterocycles. The Kier molecular flexibility index (Phi) is 184. The number of hydrogen-bond acceptors (Lipinski definition) is 0. The zero-order chi connectivity index (χ0) is 0. The molecule has 1 unspecified atom stereocenters. The summed E-state index contributed by atoms with van der Waals surface area (Å²) in [5.74, 6) is 0. The minimum atomic E-state index is 0. The van der Waals surface area contributed by atoms with Crippen molar-refractivity contribution in [3.63, 3.8) is 0 Å². The van der Waals surface area contributed by atoms with Crippen molar-refractivity contribution in [1.29, 1.82) is 0 Å². The zero-order valence-corrected chi connectivity index (χ0v) is 7.46. The Morgan fingerprint density at radius 1 is 1.00 bits per heavy atom. The third kappa shape index (κ3) is 8.98. The molecule has 0 aromatic carbocycles. The van der Waals surface area contributed by atoms with Crippen LogP contribution in [0.25, 0.3) is 0 Å². The molecule has 0 saturated heterocycles. The van der Waals surface area contributed by atoms with Crippen LogP contribution in [-0.2, 0) is 34.1 Å². The second-order valence-corrected chi connectivity index (χ2v) is 0. The van der Waals surface area contributed by atoms with Crippen molar-refractivity contribution in [2.45, 2.75) is 0 Å². The summed E-state index contributed by atoms with van der Waals surface area (Å²) >= 11 is 0. The molecule has 1 atom stereocenters. The Hall–Kier alpha value is 2.03. The molecule has 0 aliphatic heterocycles. The van der Waals surface area contributed by atoms with Crippen LogP contribution < -0.4 is 0 Å². The van der Waals surface area contributed by atoms with E-state index in [0.717, 1.165) is 0 Å². The van der Waals surface area contributed by atoms with Crippen LogP contribution in [0.2, 0.25) is 0 Å². The maximum absolute atomic E-state index is 0. The van der Waals surface area contributed by atoms with E-state index in [-0.39, 0.29) is 62.0 Å². The molecule has 0 aliphatic carbocycles. The van der Waals surface area contributed by atoms with E-state index in [1.54, 1.807) is 0 Å². The van der Waals surface area contributed by atoms with E-state index in [1.807, 2.05) is 0 Å². The van der Waals surface area contributed by atoms with Crippen LogP contribution in [0, 0.1) is 0 Å². The van der Waals surface area contributed by atoms with Gasteiger partial charge in [0.15, 0.2) is 0 Å². The molecular weight excluding hydrogens is 217 g/mol. The van der Waals surface area contributed by atoms with Crippen molar-refractivity contribution in [3.8, 4) is 0 Å². The summed E-state index contributed by atoms with van der Waals surface area (Å²) in [6.45, 7) is 0. The topological polar surface area (TPSA) is 0 Å². The average molecular weight is 220 g/mol. The number of hydrogen-bond donors (Lipinski definition) is 0. The van der Waals surface area contributed by atoms with Gasteiger partial charge in [-0.25, -0.2) is 0 Å². The third-order valence-corrected chi connectivity index (χ3v) is 0. The molecule has 28 valence electrons. The minimum absolute atomic E-state index is 0. The van der Waals surface area contributed by atoms with Crippen LogP contribution in [0.4, 0.5) is 0 Å². The fourth-order valence-electron chi connectivity index (χ4n) is 0. The SMILES string of the molecule is P.[As].[Fe].[Mn]. The maximum atomic E-state index is 0. The molecule has 0 amide bonds. The normalized spacial score (nSPS) is 0. The molecule has 0 fully saturated rings. The van der Waals surface area contributed by atoms with E-state index in [0.29, 0.717) is 0 Å². The first kappa shape index (κ1) is 37.1. The van der Waals surface area contributed by atoms with Gasteiger partial charge in [0, 0.05) is 52.1 Å². The van der Waals surface area contributed by atoms with Gasteiger partial charge in [0.2, 0.25) is 0 Å².